The molecule has 0 amide bonds. The molecule has 0 radical (unpaired) electrons. The molecule has 0 aromatic rings. The molecular formula is C76H122NO8+. The third-order valence-corrected chi connectivity index (χ3v) is 13.5. The Labute approximate surface area is 520 Å². The molecule has 0 heterocycles. The van der Waals surface area contributed by atoms with E-state index in [9.17, 15) is 19.5 Å². The van der Waals surface area contributed by atoms with Gasteiger partial charge >= 0.3 is 17.9 Å². The molecule has 0 aromatic carbocycles. The van der Waals surface area contributed by atoms with Crippen LogP contribution in [0.1, 0.15) is 232 Å². The van der Waals surface area contributed by atoms with Crippen molar-refractivity contribution in [2.45, 2.75) is 245 Å². The summed E-state index contributed by atoms with van der Waals surface area (Å²) in [4.78, 5) is 37.5. The lowest BCUT2D eigenvalue weighted by molar-refractivity contribution is -0.870. The Morgan fingerprint density at radius 3 is 1.00 bits per heavy atom. The van der Waals surface area contributed by atoms with Gasteiger partial charge in [0.15, 0.2) is 6.10 Å². The van der Waals surface area contributed by atoms with Crippen LogP contribution in [0.25, 0.3) is 0 Å². The summed E-state index contributed by atoms with van der Waals surface area (Å²) >= 11 is 0. The molecule has 9 heteroatoms. The zero-order valence-corrected chi connectivity index (χ0v) is 54.4. The van der Waals surface area contributed by atoms with E-state index < -0.39 is 24.3 Å². The second-order valence-electron chi connectivity index (χ2n) is 22.7. The summed E-state index contributed by atoms with van der Waals surface area (Å²) in [6.07, 6.45) is 94.5. The molecule has 0 rings (SSSR count). The van der Waals surface area contributed by atoms with Crippen LogP contribution in [0, 0.1) is 0 Å². The van der Waals surface area contributed by atoms with Crippen LogP contribution in [0.4, 0.5) is 0 Å². The number of quaternary nitrogens is 1. The number of likely N-dealkylation sites (N-methyl/N-ethyl adjacent to an activating group) is 1. The van der Waals surface area contributed by atoms with Gasteiger partial charge in [-0.3, -0.25) is 9.59 Å². The zero-order chi connectivity index (χ0) is 61.9. The lowest BCUT2D eigenvalue weighted by atomic mass is 10.1. The molecule has 0 aliphatic rings. The summed E-state index contributed by atoms with van der Waals surface area (Å²) in [5.74, 6) is -2.06. The van der Waals surface area contributed by atoms with Crippen LogP contribution in [-0.2, 0) is 33.3 Å². The van der Waals surface area contributed by atoms with Crippen LogP contribution >= 0.6 is 0 Å². The molecule has 85 heavy (non-hydrogen) atoms. The monoisotopic (exact) mass is 1180 g/mol. The average molecular weight is 1180 g/mol. The molecule has 0 aromatic heterocycles. The largest absolute Gasteiger partial charge is 0.477 e. The Bertz CT molecular complexity index is 2000. The van der Waals surface area contributed by atoms with E-state index in [4.69, 9.17) is 18.9 Å². The Kier molecular flexibility index (Phi) is 60.6. The maximum Gasteiger partial charge on any atom is 0.361 e. The number of carbonyl (C=O) groups excluding carboxylic acids is 2. The molecule has 0 fully saturated rings. The lowest BCUT2D eigenvalue weighted by Gasteiger charge is -2.25. The number of hydrogen-bond donors (Lipinski definition) is 1. The maximum absolute atomic E-state index is 12.9. The Morgan fingerprint density at radius 1 is 0.365 bits per heavy atom. The number of unbranched alkanes of at least 4 members (excludes halogenated alkanes) is 16. The van der Waals surface area contributed by atoms with E-state index in [0.29, 0.717) is 17.4 Å². The predicted molar refractivity (Wildman–Crippen MR) is 363 cm³/mol. The fourth-order valence-electron chi connectivity index (χ4n) is 8.38. The van der Waals surface area contributed by atoms with E-state index in [2.05, 4.69) is 184 Å². The molecule has 0 spiro atoms. The van der Waals surface area contributed by atoms with Gasteiger partial charge in [-0.05, 0) is 135 Å². The Morgan fingerprint density at radius 2 is 0.671 bits per heavy atom. The first-order valence-corrected chi connectivity index (χ1v) is 33.3. The van der Waals surface area contributed by atoms with E-state index in [0.717, 1.165) is 141 Å². The molecule has 1 N–H and O–H groups in total. The number of nitrogens with zero attached hydrogens (tertiary/aromatic N) is 1. The van der Waals surface area contributed by atoms with Gasteiger partial charge in [0.1, 0.15) is 13.2 Å². The van der Waals surface area contributed by atoms with Crippen molar-refractivity contribution in [3.05, 3.63) is 170 Å². The van der Waals surface area contributed by atoms with Crippen molar-refractivity contribution in [2.75, 3.05) is 47.5 Å². The van der Waals surface area contributed by atoms with E-state index in [1.165, 1.54) is 57.8 Å². The molecule has 0 aliphatic carbocycles. The van der Waals surface area contributed by atoms with Crippen molar-refractivity contribution in [1.29, 1.82) is 0 Å². The molecule has 0 saturated carbocycles. The van der Waals surface area contributed by atoms with Gasteiger partial charge < -0.3 is 28.5 Å². The Hall–Kier alpha value is -5.35. The van der Waals surface area contributed by atoms with Gasteiger partial charge in [0.25, 0.3) is 6.29 Å². The zero-order valence-electron chi connectivity index (χ0n) is 54.4. The summed E-state index contributed by atoms with van der Waals surface area (Å²) < 4.78 is 22.9. The van der Waals surface area contributed by atoms with Crippen molar-refractivity contribution in [1.82, 2.24) is 0 Å². The number of ether oxygens (including phenoxy) is 4. The summed E-state index contributed by atoms with van der Waals surface area (Å²) in [6.45, 7) is 4.68. The summed E-state index contributed by atoms with van der Waals surface area (Å²) in [5.41, 5.74) is 0. The smallest absolute Gasteiger partial charge is 0.361 e. The van der Waals surface area contributed by atoms with Crippen molar-refractivity contribution >= 4 is 17.9 Å². The van der Waals surface area contributed by atoms with Crippen LogP contribution in [0.3, 0.4) is 0 Å². The van der Waals surface area contributed by atoms with E-state index in [1.807, 2.05) is 21.1 Å². The van der Waals surface area contributed by atoms with E-state index >= 15 is 0 Å². The third-order valence-electron chi connectivity index (χ3n) is 13.5. The van der Waals surface area contributed by atoms with Gasteiger partial charge in [0.2, 0.25) is 0 Å². The molecule has 0 saturated heterocycles. The van der Waals surface area contributed by atoms with Crippen molar-refractivity contribution in [3.8, 4) is 0 Å². The average Bonchev–Trinajstić information content (AvgIpc) is 3.49. The number of allylic oxidation sites excluding steroid dienone is 28. The highest BCUT2D eigenvalue weighted by Crippen LogP contribution is 2.14. The van der Waals surface area contributed by atoms with Gasteiger partial charge in [0.05, 0.1) is 34.4 Å². The van der Waals surface area contributed by atoms with Crippen molar-refractivity contribution < 1.29 is 42.9 Å². The molecule has 2 unspecified atom stereocenters. The minimum absolute atomic E-state index is 0.174. The van der Waals surface area contributed by atoms with Crippen LogP contribution in [-0.4, -0.2) is 87.4 Å². The fraction of sp³-hybridized carbons (Fsp3) is 0.592. The van der Waals surface area contributed by atoms with Crippen LogP contribution in [0.2, 0.25) is 0 Å². The molecule has 9 nitrogen and oxygen atoms in total. The maximum atomic E-state index is 12.9. The van der Waals surface area contributed by atoms with Gasteiger partial charge in [0, 0.05) is 12.8 Å². The van der Waals surface area contributed by atoms with E-state index in [1.54, 1.807) is 0 Å². The number of carboxylic acid groups (broad SMARTS) is 1. The molecular weight excluding hydrogens is 1050 g/mol. The minimum atomic E-state index is -1.53. The number of hydrogen-bond acceptors (Lipinski definition) is 7. The number of carbonyl (C=O) groups is 3. The van der Waals surface area contributed by atoms with Crippen molar-refractivity contribution in [2.24, 2.45) is 0 Å². The van der Waals surface area contributed by atoms with E-state index in [-0.39, 0.29) is 38.6 Å². The van der Waals surface area contributed by atoms with Crippen LogP contribution in [0.15, 0.2) is 170 Å². The molecule has 0 aliphatic heterocycles. The van der Waals surface area contributed by atoms with Gasteiger partial charge in [-0.15, -0.1) is 0 Å². The Balaban J connectivity index is 4.22. The number of rotatable bonds is 59. The highest BCUT2D eigenvalue weighted by atomic mass is 16.7. The molecule has 478 valence electrons. The minimum Gasteiger partial charge on any atom is -0.477 e. The summed E-state index contributed by atoms with van der Waals surface area (Å²) in [7, 11) is 5.95. The van der Waals surface area contributed by atoms with Gasteiger partial charge in [-0.1, -0.05) is 255 Å². The SMILES string of the molecule is CC/C=C\C/C=C\C/C=C\C/C=C\C/C=C\C/C=C\C/C=C\C/C=C\C/C=C\C/C=C\C/C=C\CCCCCCCCCC(=O)OC(COC(=O)CCCCCCCC/C=C\C/C=C\C/C=C\CCCCC)COC(OCC[N+](C)(C)C)C(=O)O. The topological polar surface area (TPSA) is 108 Å². The van der Waals surface area contributed by atoms with Gasteiger partial charge in [-0.25, -0.2) is 4.79 Å². The first kappa shape index (κ1) is 79.7. The summed E-state index contributed by atoms with van der Waals surface area (Å²) in [5, 5.41) is 9.72. The fourth-order valence-corrected chi connectivity index (χ4v) is 8.38. The number of carboxylic acids is 1. The lowest BCUT2D eigenvalue weighted by Crippen LogP contribution is -2.40. The standard InChI is InChI=1S/C76H121NO8/c1-6-8-10-12-14-16-18-20-22-24-26-27-28-29-30-31-32-33-34-35-36-37-38-39-40-41-42-43-44-45-46-47-49-51-53-55-57-59-61-63-65-67-74(79)85-72(71-84-76(75(80)81)82-69-68-77(3,4)5)70-83-73(78)66-64-62-60-58-56-54-52-50-48-25-23-21-19-17-15-13-11-9-7-2/h8,10,14-17,20-23,26-27,29-30,32-33,35-36,38-39,41-42,44-45,47-50,72,76H,6-7,9,11-13,18-19,24-25,28,31,34,37,40,43,46,51-71H2,1-5H3/p+1/b10-8-,16-14-,17-15-,22-20-,23-21-,27-26-,30-29-,33-32-,36-35-,39-38-,42-41-,45-44-,49-47-,50-48-. The first-order chi connectivity index (χ1) is 41.6. The van der Waals surface area contributed by atoms with Gasteiger partial charge in [-0.2, -0.15) is 0 Å². The van der Waals surface area contributed by atoms with Crippen LogP contribution in [0.5, 0.6) is 0 Å². The number of esters is 2. The highest BCUT2D eigenvalue weighted by molar-refractivity contribution is 5.71. The molecule has 2 atom stereocenters. The normalized spacial score (nSPS) is 13.8. The second kappa shape index (κ2) is 64.6. The molecule has 0 bridgehead atoms. The van der Waals surface area contributed by atoms with Crippen LogP contribution < -0.4 is 0 Å². The highest BCUT2D eigenvalue weighted by Gasteiger charge is 2.25. The quantitative estimate of drug-likeness (QED) is 0.0211. The van der Waals surface area contributed by atoms with Crippen molar-refractivity contribution in [3.63, 3.8) is 0 Å². The second-order valence-corrected chi connectivity index (χ2v) is 22.7. The number of aliphatic carboxylic acids is 1. The first-order valence-electron chi connectivity index (χ1n) is 33.3. The summed E-state index contributed by atoms with van der Waals surface area (Å²) in [6, 6.07) is 0. The predicted octanol–water partition coefficient (Wildman–Crippen LogP) is 20.7. The third kappa shape index (κ3) is 66.0.